The summed E-state index contributed by atoms with van der Waals surface area (Å²) in [4.78, 5) is 11.9. The SMILES string of the molecule is CN(C[C@@H]1CCOC1)c1ccc([N+](=O)[O-])c(OC(F)F)c1. The summed E-state index contributed by atoms with van der Waals surface area (Å²) in [7, 11) is 1.80. The maximum absolute atomic E-state index is 12.3. The number of halogens is 2. The van der Waals surface area contributed by atoms with E-state index in [1.807, 2.05) is 4.90 Å². The van der Waals surface area contributed by atoms with Crippen LogP contribution in [0, 0.1) is 16.0 Å². The highest BCUT2D eigenvalue weighted by Gasteiger charge is 2.22. The lowest BCUT2D eigenvalue weighted by Crippen LogP contribution is -2.25. The van der Waals surface area contributed by atoms with E-state index in [0.717, 1.165) is 13.0 Å². The number of ether oxygens (including phenoxy) is 2. The van der Waals surface area contributed by atoms with Crippen LogP contribution in [0.1, 0.15) is 6.42 Å². The zero-order valence-electron chi connectivity index (χ0n) is 11.5. The van der Waals surface area contributed by atoms with Crippen LogP contribution in [0.15, 0.2) is 18.2 Å². The Morgan fingerprint density at radius 2 is 2.33 bits per heavy atom. The van der Waals surface area contributed by atoms with Crippen molar-refractivity contribution in [2.24, 2.45) is 5.92 Å². The molecule has 21 heavy (non-hydrogen) atoms. The molecule has 0 aliphatic carbocycles. The van der Waals surface area contributed by atoms with Gasteiger partial charge in [0.05, 0.1) is 11.5 Å². The minimum Gasteiger partial charge on any atom is -0.427 e. The van der Waals surface area contributed by atoms with Crippen LogP contribution in [0.4, 0.5) is 20.2 Å². The van der Waals surface area contributed by atoms with Crippen molar-refractivity contribution >= 4 is 11.4 Å². The molecule has 0 spiro atoms. The fourth-order valence-electron chi connectivity index (χ4n) is 2.30. The first kappa shape index (κ1) is 15.4. The van der Waals surface area contributed by atoms with Crippen molar-refractivity contribution in [1.82, 2.24) is 0 Å². The van der Waals surface area contributed by atoms with Gasteiger partial charge in [-0.05, 0) is 12.5 Å². The Morgan fingerprint density at radius 3 is 2.90 bits per heavy atom. The monoisotopic (exact) mass is 302 g/mol. The average molecular weight is 302 g/mol. The normalized spacial score (nSPS) is 18.0. The number of alkyl halides is 2. The molecule has 0 N–H and O–H groups in total. The van der Waals surface area contributed by atoms with Crippen LogP contribution < -0.4 is 9.64 Å². The van der Waals surface area contributed by atoms with Gasteiger partial charge >= 0.3 is 12.3 Å². The molecule has 0 saturated carbocycles. The van der Waals surface area contributed by atoms with Crippen LogP contribution in [-0.4, -0.2) is 38.3 Å². The summed E-state index contributed by atoms with van der Waals surface area (Å²) < 4.78 is 34.2. The zero-order valence-corrected chi connectivity index (χ0v) is 11.5. The minimum atomic E-state index is -3.10. The second kappa shape index (κ2) is 6.66. The van der Waals surface area contributed by atoms with Crippen molar-refractivity contribution in [2.75, 3.05) is 31.7 Å². The number of nitro groups is 1. The third-order valence-corrected chi connectivity index (χ3v) is 3.35. The number of nitro benzene ring substituents is 1. The molecule has 6 nitrogen and oxygen atoms in total. The lowest BCUT2D eigenvalue weighted by molar-refractivity contribution is -0.386. The van der Waals surface area contributed by atoms with E-state index in [2.05, 4.69) is 4.74 Å². The highest BCUT2D eigenvalue weighted by molar-refractivity contribution is 5.59. The predicted octanol–water partition coefficient (Wildman–Crippen LogP) is 2.67. The van der Waals surface area contributed by atoms with E-state index in [0.29, 0.717) is 24.8 Å². The van der Waals surface area contributed by atoms with Gasteiger partial charge in [0.25, 0.3) is 0 Å². The molecule has 1 heterocycles. The molecule has 0 amide bonds. The maximum Gasteiger partial charge on any atom is 0.387 e. The molecule has 1 fully saturated rings. The standard InChI is InChI=1S/C13H16F2N2O4/c1-16(7-9-4-5-20-8-9)10-2-3-11(17(18)19)12(6-10)21-13(14)15/h2-3,6,9,13H,4-5,7-8H2,1H3/t9-/m0/s1. The molecule has 0 radical (unpaired) electrons. The summed E-state index contributed by atoms with van der Waals surface area (Å²) in [6, 6.07) is 3.96. The molecule has 2 rings (SSSR count). The first-order valence-electron chi connectivity index (χ1n) is 6.49. The van der Waals surface area contributed by atoms with E-state index in [1.54, 1.807) is 7.05 Å². The molecule has 1 atom stereocenters. The van der Waals surface area contributed by atoms with Gasteiger partial charge < -0.3 is 14.4 Å². The molecule has 1 aliphatic rings. The zero-order chi connectivity index (χ0) is 15.4. The lowest BCUT2D eigenvalue weighted by Gasteiger charge is -2.22. The molecule has 116 valence electrons. The second-order valence-electron chi connectivity index (χ2n) is 4.90. The Morgan fingerprint density at radius 1 is 1.57 bits per heavy atom. The Labute approximate surface area is 120 Å². The van der Waals surface area contributed by atoms with Crippen molar-refractivity contribution < 1.29 is 23.2 Å². The molecule has 8 heteroatoms. The van der Waals surface area contributed by atoms with Gasteiger partial charge in [-0.25, -0.2) is 0 Å². The molecule has 0 bridgehead atoms. The summed E-state index contributed by atoms with van der Waals surface area (Å²) in [6.45, 7) is -1.03. The highest BCUT2D eigenvalue weighted by Crippen LogP contribution is 2.33. The van der Waals surface area contributed by atoms with E-state index in [1.165, 1.54) is 18.2 Å². The first-order valence-corrected chi connectivity index (χ1v) is 6.49. The van der Waals surface area contributed by atoms with Gasteiger partial charge in [-0.2, -0.15) is 8.78 Å². The summed E-state index contributed by atoms with van der Waals surface area (Å²) >= 11 is 0. The average Bonchev–Trinajstić information content (AvgIpc) is 2.90. The summed E-state index contributed by atoms with van der Waals surface area (Å²) in [5, 5.41) is 10.8. The quantitative estimate of drug-likeness (QED) is 0.597. The fraction of sp³-hybridized carbons (Fsp3) is 0.538. The van der Waals surface area contributed by atoms with Crippen LogP contribution in [0.2, 0.25) is 0 Å². The van der Waals surface area contributed by atoms with Crippen molar-refractivity contribution in [3.63, 3.8) is 0 Å². The van der Waals surface area contributed by atoms with Crippen molar-refractivity contribution in [3.8, 4) is 5.75 Å². The Bertz CT molecular complexity index is 507. The number of hydrogen-bond acceptors (Lipinski definition) is 5. The molecule has 1 aliphatic heterocycles. The molecular formula is C13H16F2N2O4. The Kier molecular flexibility index (Phi) is 4.89. The lowest BCUT2D eigenvalue weighted by atomic mass is 10.1. The van der Waals surface area contributed by atoms with E-state index in [4.69, 9.17) is 4.74 Å². The minimum absolute atomic E-state index is 0.365. The summed E-state index contributed by atoms with van der Waals surface area (Å²) in [6.07, 6.45) is 0.942. The molecule has 0 aromatic heterocycles. The molecule has 0 unspecified atom stereocenters. The van der Waals surface area contributed by atoms with Gasteiger partial charge in [0.15, 0.2) is 0 Å². The second-order valence-corrected chi connectivity index (χ2v) is 4.90. The van der Waals surface area contributed by atoms with Gasteiger partial charge in [0, 0.05) is 43.9 Å². The van der Waals surface area contributed by atoms with E-state index >= 15 is 0 Å². The largest absolute Gasteiger partial charge is 0.427 e. The molecule has 1 aromatic rings. The van der Waals surface area contributed by atoms with Gasteiger partial charge in [-0.15, -0.1) is 0 Å². The van der Waals surface area contributed by atoms with Crippen LogP contribution >= 0.6 is 0 Å². The third-order valence-electron chi connectivity index (χ3n) is 3.35. The van der Waals surface area contributed by atoms with Gasteiger partial charge in [0.1, 0.15) is 0 Å². The van der Waals surface area contributed by atoms with Crippen LogP contribution in [-0.2, 0) is 4.74 Å². The van der Waals surface area contributed by atoms with E-state index < -0.39 is 23.0 Å². The van der Waals surface area contributed by atoms with Crippen LogP contribution in [0.3, 0.4) is 0 Å². The van der Waals surface area contributed by atoms with Gasteiger partial charge in [0.2, 0.25) is 5.75 Å². The maximum atomic E-state index is 12.3. The van der Waals surface area contributed by atoms with Crippen LogP contribution in [0.25, 0.3) is 0 Å². The topological polar surface area (TPSA) is 64.8 Å². The fourth-order valence-corrected chi connectivity index (χ4v) is 2.30. The summed E-state index contributed by atoms with van der Waals surface area (Å²) in [5.41, 5.74) is 0.111. The van der Waals surface area contributed by atoms with Crippen molar-refractivity contribution in [2.45, 2.75) is 13.0 Å². The number of benzene rings is 1. The summed E-state index contributed by atoms with van der Waals surface area (Å²) in [5.74, 6) is -0.0633. The molecule has 1 aromatic carbocycles. The smallest absolute Gasteiger partial charge is 0.387 e. The van der Waals surface area contributed by atoms with Crippen molar-refractivity contribution in [3.05, 3.63) is 28.3 Å². The molecular weight excluding hydrogens is 286 g/mol. The Balaban J connectivity index is 2.17. The van der Waals surface area contributed by atoms with E-state index in [9.17, 15) is 18.9 Å². The number of hydrogen-bond donors (Lipinski definition) is 0. The van der Waals surface area contributed by atoms with Gasteiger partial charge in [-0.1, -0.05) is 0 Å². The number of rotatable bonds is 6. The first-order chi connectivity index (χ1) is 9.97. The molecule has 1 saturated heterocycles. The predicted molar refractivity (Wildman–Crippen MR) is 71.9 cm³/mol. The third kappa shape index (κ3) is 4.01. The highest BCUT2D eigenvalue weighted by atomic mass is 19.3. The van der Waals surface area contributed by atoms with Crippen LogP contribution in [0.5, 0.6) is 5.75 Å². The number of anilines is 1. The van der Waals surface area contributed by atoms with E-state index in [-0.39, 0.29) is 0 Å². The number of nitrogens with zero attached hydrogens (tertiary/aromatic N) is 2. The Hall–Kier alpha value is -1.96. The van der Waals surface area contributed by atoms with Gasteiger partial charge in [-0.3, -0.25) is 10.1 Å². The van der Waals surface area contributed by atoms with Crippen molar-refractivity contribution in [1.29, 1.82) is 0 Å².